The first-order valence-electron chi connectivity index (χ1n) is 10.7. The van der Waals surface area contributed by atoms with Crippen LogP contribution in [0.2, 0.25) is 0 Å². The van der Waals surface area contributed by atoms with Crippen molar-refractivity contribution in [3.05, 3.63) is 52.5 Å². The van der Waals surface area contributed by atoms with Crippen LogP contribution >= 0.6 is 0 Å². The fraction of sp³-hybridized carbons (Fsp3) is 0.458. The van der Waals surface area contributed by atoms with Crippen LogP contribution in [-0.4, -0.2) is 54.5 Å². The summed E-state index contributed by atoms with van der Waals surface area (Å²) >= 11 is 1.84. The van der Waals surface area contributed by atoms with Crippen LogP contribution in [0.25, 0.3) is 11.3 Å². The SMILES string of the molecule is C1=CC(=C2CN3CCC=C3c3cc(OCCCN4CCCCC4)ccc32)[S+]=C1. The number of allylic oxidation sites excluding steroid dienone is 2. The zero-order valence-corrected chi connectivity index (χ0v) is 17.3. The average molecular weight is 394 g/mol. The van der Waals surface area contributed by atoms with Crippen molar-refractivity contribution in [1.29, 1.82) is 0 Å². The van der Waals surface area contributed by atoms with E-state index in [1.807, 2.05) is 11.4 Å². The number of hydrogen-bond donors (Lipinski definition) is 0. The summed E-state index contributed by atoms with van der Waals surface area (Å²) in [7, 11) is 0. The first-order chi connectivity index (χ1) is 13.9. The second-order valence-electron chi connectivity index (χ2n) is 8.07. The van der Waals surface area contributed by atoms with Gasteiger partial charge in [-0.15, -0.1) is 0 Å². The Kier molecular flexibility index (Phi) is 5.32. The van der Waals surface area contributed by atoms with E-state index in [1.54, 1.807) is 0 Å². The van der Waals surface area contributed by atoms with Crippen molar-refractivity contribution in [3.63, 3.8) is 0 Å². The molecule has 0 atom stereocenters. The summed E-state index contributed by atoms with van der Waals surface area (Å²) in [5.41, 5.74) is 5.59. The number of ether oxygens (including phenoxy) is 1. The van der Waals surface area contributed by atoms with Crippen molar-refractivity contribution >= 4 is 28.0 Å². The minimum Gasteiger partial charge on any atom is -0.494 e. The van der Waals surface area contributed by atoms with Crippen molar-refractivity contribution in [1.82, 2.24) is 9.80 Å². The number of piperidine rings is 1. The van der Waals surface area contributed by atoms with Crippen LogP contribution in [0, 0.1) is 0 Å². The normalized spacial score (nSPS) is 23.7. The van der Waals surface area contributed by atoms with Crippen LogP contribution in [0.15, 0.2) is 41.3 Å². The minimum absolute atomic E-state index is 0.805. The van der Waals surface area contributed by atoms with E-state index >= 15 is 0 Å². The molecule has 1 fully saturated rings. The maximum absolute atomic E-state index is 6.16. The molecule has 3 nitrogen and oxygen atoms in total. The maximum Gasteiger partial charge on any atom is 0.236 e. The second kappa shape index (κ2) is 8.22. The van der Waals surface area contributed by atoms with Gasteiger partial charge >= 0.3 is 0 Å². The molecule has 4 heterocycles. The van der Waals surface area contributed by atoms with Gasteiger partial charge in [0, 0.05) is 48.6 Å². The highest BCUT2D eigenvalue weighted by Crippen LogP contribution is 2.41. The Bertz CT molecular complexity index is 847. The van der Waals surface area contributed by atoms with Gasteiger partial charge in [0.25, 0.3) is 0 Å². The Balaban J connectivity index is 1.31. The highest BCUT2D eigenvalue weighted by atomic mass is 32.1. The Hall–Kier alpha value is -1.91. The van der Waals surface area contributed by atoms with Crippen molar-refractivity contribution in [2.45, 2.75) is 32.1 Å². The molecule has 4 aliphatic rings. The molecule has 5 rings (SSSR count). The van der Waals surface area contributed by atoms with Gasteiger partial charge in [0.2, 0.25) is 16.3 Å². The van der Waals surface area contributed by atoms with Gasteiger partial charge in [-0.05, 0) is 56.5 Å². The van der Waals surface area contributed by atoms with Gasteiger partial charge in [-0.3, -0.25) is 0 Å². The molecular formula is C24H29N2OS+. The Morgan fingerprint density at radius 1 is 1.04 bits per heavy atom. The van der Waals surface area contributed by atoms with Crippen LogP contribution in [0.5, 0.6) is 5.75 Å². The molecule has 0 spiro atoms. The topological polar surface area (TPSA) is 15.7 Å². The lowest BCUT2D eigenvalue weighted by Crippen LogP contribution is -2.31. The first kappa shape index (κ1) is 18.1. The number of fused-ring (bicyclic) bond motifs is 3. The molecule has 1 saturated heterocycles. The van der Waals surface area contributed by atoms with Crippen LogP contribution in [-0.2, 0) is 11.4 Å². The smallest absolute Gasteiger partial charge is 0.236 e. The van der Waals surface area contributed by atoms with Gasteiger partial charge in [-0.25, -0.2) is 0 Å². The number of likely N-dealkylation sites (tertiary alicyclic amines) is 1. The zero-order valence-electron chi connectivity index (χ0n) is 16.5. The lowest BCUT2D eigenvalue weighted by Gasteiger charge is -2.31. The van der Waals surface area contributed by atoms with Crippen LogP contribution in [0.1, 0.15) is 43.2 Å². The molecule has 0 N–H and O–H groups in total. The summed E-state index contributed by atoms with van der Waals surface area (Å²) in [6.45, 7) is 6.66. The molecule has 146 valence electrons. The van der Waals surface area contributed by atoms with Gasteiger partial charge < -0.3 is 14.5 Å². The second-order valence-corrected chi connectivity index (χ2v) is 9.01. The number of hydrogen-bond acceptors (Lipinski definition) is 3. The standard InChI is InChI=1S/C24H29N2OS/c1-2-11-25(12-3-1)13-6-15-27-19-9-10-20-21(17-19)23-7-4-14-26(23)18-22(20)24-8-5-16-28-24/h5,7-10,16-17H,1-4,6,11-15,18H2/q+1. The van der Waals surface area contributed by atoms with E-state index in [0.717, 1.165) is 38.3 Å². The monoisotopic (exact) mass is 393 g/mol. The van der Waals surface area contributed by atoms with E-state index in [4.69, 9.17) is 4.74 Å². The molecule has 4 heteroatoms. The molecule has 0 aliphatic carbocycles. The third-order valence-corrected chi connectivity index (χ3v) is 7.10. The summed E-state index contributed by atoms with van der Waals surface area (Å²) in [5, 5.41) is 2.18. The van der Waals surface area contributed by atoms with Crippen molar-refractivity contribution in [2.75, 3.05) is 39.3 Å². The van der Waals surface area contributed by atoms with E-state index < -0.39 is 0 Å². The number of rotatable bonds is 5. The zero-order chi connectivity index (χ0) is 18.8. The third kappa shape index (κ3) is 3.68. The van der Waals surface area contributed by atoms with Gasteiger partial charge in [0.1, 0.15) is 5.75 Å². The van der Waals surface area contributed by atoms with E-state index in [1.165, 1.54) is 66.2 Å². The average Bonchev–Trinajstić information content (AvgIpc) is 3.43. The molecular weight excluding hydrogens is 364 g/mol. The molecule has 0 bridgehead atoms. The molecule has 1 aromatic rings. The number of benzene rings is 1. The summed E-state index contributed by atoms with van der Waals surface area (Å²) in [6.07, 6.45) is 13.2. The van der Waals surface area contributed by atoms with E-state index in [-0.39, 0.29) is 0 Å². The molecule has 1 aromatic carbocycles. The molecule has 0 saturated carbocycles. The van der Waals surface area contributed by atoms with E-state index in [9.17, 15) is 0 Å². The van der Waals surface area contributed by atoms with Crippen molar-refractivity contribution in [3.8, 4) is 5.75 Å². The maximum atomic E-state index is 6.16. The quantitative estimate of drug-likeness (QED) is 0.424. The largest absolute Gasteiger partial charge is 0.494 e. The van der Waals surface area contributed by atoms with Crippen LogP contribution in [0.3, 0.4) is 0 Å². The summed E-state index contributed by atoms with van der Waals surface area (Å²) < 4.78 is 6.16. The molecule has 0 aromatic heterocycles. The summed E-state index contributed by atoms with van der Waals surface area (Å²) in [6, 6.07) is 6.71. The molecule has 0 unspecified atom stereocenters. The van der Waals surface area contributed by atoms with Gasteiger partial charge in [0.05, 0.1) is 6.61 Å². The molecule has 0 amide bonds. The lowest BCUT2D eigenvalue weighted by molar-refractivity contribution is 0.205. The first-order valence-corrected chi connectivity index (χ1v) is 11.6. The van der Waals surface area contributed by atoms with E-state index in [2.05, 4.69) is 51.6 Å². The highest BCUT2D eigenvalue weighted by molar-refractivity contribution is 7.82. The Morgan fingerprint density at radius 3 is 2.82 bits per heavy atom. The molecule has 4 aliphatic heterocycles. The van der Waals surface area contributed by atoms with Gasteiger partial charge in [-0.1, -0.05) is 18.6 Å². The Morgan fingerprint density at radius 2 is 1.96 bits per heavy atom. The van der Waals surface area contributed by atoms with Gasteiger partial charge in [-0.2, -0.15) is 0 Å². The lowest BCUT2D eigenvalue weighted by atomic mass is 9.92. The summed E-state index contributed by atoms with van der Waals surface area (Å²) in [4.78, 5) is 6.50. The fourth-order valence-electron chi connectivity index (χ4n) is 4.74. The van der Waals surface area contributed by atoms with Crippen LogP contribution < -0.4 is 4.74 Å². The highest BCUT2D eigenvalue weighted by Gasteiger charge is 2.31. The van der Waals surface area contributed by atoms with Gasteiger partial charge in [0.15, 0.2) is 5.37 Å². The molecule has 28 heavy (non-hydrogen) atoms. The molecule has 0 radical (unpaired) electrons. The Labute approximate surface area is 172 Å². The fourth-order valence-corrected chi connectivity index (χ4v) is 5.52. The van der Waals surface area contributed by atoms with E-state index in [0.29, 0.717) is 0 Å². The van der Waals surface area contributed by atoms with Crippen molar-refractivity contribution in [2.24, 2.45) is 0 Å². The van der Waals surface area contributed by atoms with Crippen molar-refractivity contribution < 1.29 is 4.74 Å². The van der Waals surface area contributed by atoms with Crippen LogP contribution in [0.4, 0.5) is 0 Å². The predicted molar refractivity (Wildman–Crippen MR) is 121 cm³/mol. The third-order valence-electron chi connectivity index (χ3n) is 6.17. The summed E-state index contributed by atoms with van der Waals surface area (Å²) in [5.74, 6) is 1.01. The predicted octanol–water partition coefficient (Wildman–Crippen LogP) is 4.17. The number of nitrogens with zero attached hydrogens (tertiary/aromatic N) is 2. The minimum atomic E-state index is 0.805.